The second-order valence-corrected chi connectivity index (χ2v) is 6.80. The SMILES string of the molecule is Cn1cnnc1[C@H]1C[C@H](CNC(=O)c2cc3cc(F)ccc3o2)[C@H](O)C1. The number of rotatable bonds is 4. The maximum Gasteiger partial charge on any atom is 0.287 e. The highest BCUT2D eigenvalue weighted by Crippen LogP contribution is 2.37. The van der Waals surface area contributed by atoms with Crippen molar-refractivity contribution in [2.75, 3.05) is 6.54 Å². The van der Waals surface area contributed by atoms with E-state index in [0.29, 0.717) is 23.9 Å². The van der Waals surface area contributed by atoms with Crippen LogP contribution in [0.15, 0.2) is 35.0 Å². The fourth-order valence-electron chi connectivity index (χ4n) is 3.63. The molecule has 1 saturated carbocycles. The minimum Gasteiger partial charge on any atom is -0.451 e. The molecule has 3 aromatic rings. The van der Waals surface area contributed by atoms with Crippen molar-refractivity contribution in [1.82, 2.24) is 20.1 Å². The molecule has 1 aliphatic carbocycles. The van der Waals surface area contributed by atoms with E-state index >= 15 is 0 Å². The molecule has 1 aromatic carbocycles. The normalized spacial score (nSPS) is 22.8. The predicted octanol–water partition coefficient (Wildman–Crippen LogP) is 1.98. The summed E-state index contributed by atoms with van der Waals surface area (Å²) in [5.74, 6) is 0.265. The second kappa shape index (κ2) is 6.53. The zero-order chi connectivity index (χ0) is 18.3. The van der Waals surface area contributed by atoms with Crippen molar-refractivity contribution in [2.45, 2.75) is 24.9 Å². The monoisotopic (exact) mass is 358 g/mol. The number of aliphatic hydroxyl groups excluding tert-OH is 1. The topological polar surface area (TPSA) is 93.2 Å². The van der Waals surface area contributed by atoms with Crippen LogP contribution in [0.5, 0.6) is 0 Å². The van der Waals surface area contributed by atoms with Crippen LogP contribution in [0.3, 0.4) is 0 Å². The molecule has 7 nitrogen and oxygen atoms in total. The van der Waals surface area contributed by atoms with Crippen molar-refractivity contribution in [2.24, 2.45) is 13.0 Å². The summed E-state index contributed by atoms with van der Waals surface area (Å²) >= 11 is 0. The molecule has 1 amide bonds. The summed E-state index contributed by atoms with van der Waals surface area (Å²) in [6.45, 7) is 0.333. The molecular weight excluding hydrogens is 339 g/mol. The number of aliphatic hydroxyl groups is 1. The predicted molar refractivity (Wildman–Crippen MR) is 91.0 cm³/mol. The van der Waals surface area contributed by atoms with E-state index in [1.165, 1.54) is 24.3 Å². The Morgan fingerprint density at radius 1 is 1.42 bits per heavy atom. The van der Waals surface area contributed by atoms with Gasteiger partial charge < -0.3 is 19.4 Å². The van der Waals surface area contributed by atoms with Crippen LogP contribution in [0, 0.1) is 11.7 Å². The number of nitrogens with zero attached hydrogens (tertiary/aromatic N) is 3. The van der Waals surface area contributed by atoms with E-state index in [2.05, 4.69) is 15.5 Å². The summed E-state index contributed by atoms with van der Waals surface area (Å²) in [7, 11) is 1.88. The lowest BCUT2D eigenvalue weighted by Gasteiger charge is -2.14. The van der Waals surface area contributed by atoms with E-state index in [4.69, 9.17) is 4.42 Å². The molecule has 0 radical (unpaired) electrons. The number of fused-ring (bicyclic) bond motifs is 1. The van der Waals surface area contributed by atoms with Gasteiger partial charge in [-0.2, -0.15) is 0 Å². The molecule has 1 aliphatic rings. The van der Waals surface area contributed by atoms with Gasteiger partial charge in [0.2, 0.25) is 0 Å². The van der Waals surface area contributed by atoms with E-state index in [1.54, 1.807) is 6.33 Å². The maximum absolute atomic E-state index is 13.2. The van der Waals surface area contributed by atoms with Crippen molar-refractivity contribution in [3.05, 3.63) is 48.0 Å². The molecule has 3 atom stereocenters. The minimum absolute atomic E-state index is 0.0672. The fourth-order valence-corrected chi connectivity index (χ4v) is 3.63. The number of carbonyl (C=O) groups is 1. The van der Waals surface area contributed by atoms with Gasteiger partial charge in [-0.1, -0.05) is 0 Å². The first-order valence-corrected chi connectivity index (χ1v) is 8.50. The standard InChI is InChI=1S/C18H19FN4O3/c1-23-9-21-22-17(23)11-4-12(14(24)6-11)8-20-18(25)16-7-10-5-13(19)2-3-15(10)26-16/h2-3,5,7,9,11-12,14,24H,4,6,8H2,1H3,(H,20,25)/t11-,12+,14+/m0/s1. The van der Waals surface area contributed by atoms with Crippen molar-refractivity contribution in [3.63, 3.8) is 0 Å². The van der Waals surface area contributed by atoms with Crippen LogP contribution in [0.4, 0.5) is 4.39 Å². The average Bonchev–Trinajstić information content (AvgIpc) is 3.30. The van der Waals surface area contributed by atoms with Crippen LogP contribution < -0.4 is 5.32 Å². The molecule has 4 rings (SSSR count). The molecule has 2 N–H and O–H groups in total. The molecule has 2 heterocycles. The highest BCUT2D eigenvalue weighted by atomic mass is 19.1. The summed E-state index contributed by atoms with van der Waals surface area (Å²) in [6, 6.07) is 5.62. The lowest BCUT2D eigenvalue weighted by atomic mass is 10.0. The Labute approximate surface area is 148 Å². The highest BCUT2D eigenvalue weighted by Gasteiger charge is 2.36. The number of halogens is 1. The van der Waals surface area contributed by atoms with Gasteiger partial charge in [0.15, 0.2) is 5.76 Å². The smallest absolute Gasteiger partial charge is 0.287 e. The van der Waals surface area contributed by atoms with Crippen LogP contribution in [0.1, 0.15) is 35.1 Å². The lowest BCUT2D eigenvalue weighted by Crippen LogP contribution is -2.32. The number of aryl methyl sites for hydroxylation is 1. The number of nitrogens with one attached hydrogen (secondary N) is 1. The number of benzene rings is 1. The molecule has 26 heavy (non-hydrogen) atoms. The van der Waals surface area contributed by atoms with Crippen molar-refractivity contribution < 1.29 is 18.7 Å². The summed E-state index contributed by atoms with van der Waals surface area (Å²) in [6.07, 6.45) is 2.44. The number of hydrogen-bond acceptors (Lipinski definition) is 5. The van der Waals surface area contributed by atoms with Gasteiger partial charge in [-0.15, -0.1) is 10.2 Å². The quantitative estimate of drug-likeness (QED) is 0.744. The minimum atomic E-state index is -0.512. The summed E-state index contributed by atoms with van der Waals surface area (Å²) in [5, 5.41) is 21.6. The Hall–Kier alpha value is -2.74. The maximum atomic E-state index is 13.2. The van der Waals surface area contributed by atoms with Crippen LogP contribution >= 0.6 is 0 Å². The molecule has 0 unspecified atom stereocenters. The number of carbonyl (C=O) groups excluding carboxylic acids is 1. The fraction of sp³-hybridized carbons (Fsp3) is 0.389. The number of hydrogen-bond donors (Lipinski definition) is 2. The Bertz CT molecular complexity index is 951. The van der Waals surface area contributed by atoms with Gasteiger partial charge in [0.05, 0.1) is 6.10 Å². The van der Waals surface area contributed by atoms with Crippen LogP contribution in [0.2, 0.25) is 0 Å². The lowest BCUT2D eigenvalue weighted by molar-refractivity contribution is 0.0892. The zero-order valence-corrected chi connectivity index (χ0v) is 14.2. The van der Waals surface area contributed by atoms with E-state index in [0.717, 1.165) is 12.2 Å². The van der Waals surface area contributed by atoms with Gasteiger partial charge in [-0.3, -0.25) is 4.79 Å². The number of furan rings is 1. The van der Waals surface area contributed by atoms with E-state index in [-0.39, 0.29) is 29.3 Å². The Balaban J connectivity index is 1.40. The second-order valence-electron chi connectivity index (χ2n) is 6.80. The Kier molecular flexibility index (Phi) is 4.20. The van der Waals surface area contributed by atoms with Crippen LogP contribution in [-0.2, 0) is 7.05 Å². The molecule has 0 saturated heterocycles. The molecular formula is C18H19FN4O3. The number of amides is 1. The van der Waals surface area contributed by atoms with E-state index in [9.17, 15) is 14.3 Å². The third-order valence-electron chi connectivity index (χ3n) is 5.00. The first-order chi connectivity index (χ1) is 12.5. The molecule has 0 spiro atoms. The van der Waals surface area contributed by atoms with Gasteiger partial charge >= 0.3 is 0 Å². The molecule has 8 heteroatoms. The van der Waals surface area contributed by atoms with Crippen molar-refractivity contribution in [3.8, 4) is 0 Å². The summed E-state index contributed by atoms with van der Waals surface area (Å²) < 4.78 is 20.6. The van der Waals surface area contributed by atoms with Gasteiger partial charge in [0, 0.05) is 30.8 Å². The van der Waals surface area contributed by atoms with Gasteiger partial charge in [0.1, 0.15) is 23.6 Å². The largest absolute Gasteiger partial charge is 0.451 e. The highest BCUT2D eigenvalue weighted by molar-refractivity contribution is 5.96. The third-order valence-corrected chi connectivity index (χ3v) is 5.00. The van der Waals surface area contributed by atoms with E-state index in [1.807, 2.05) is 11.6 Å². The van der Waals surface area contributed by atoms with Crippen LogP contribution in [-0.4, -0.2) is 38.4 Å². The zero-order valence-electron chi connectivity index (χ0n) is 14.2. The van der Waals surface area contributed by atoms with Gasteiger partial charge in [-0.05, 0) is 37.1 Å². The molecule has 0 bridgehead atoms. The Morgan fingerprint density at radius 3 is 3.04 bits per heavy atom. The first kappa shape index (κ1) is 16.7. The van der Waals surface area contributed by atoms with Gasteiger partial charge in [0.25, 0.3) is 5.91 Å². The number of aromatic nitrogens is 3. The Morgan fingerprint density at radius 2 is 2.27 bits per heavy atom. The molecule has 0 aliphatic heterocycles. The van der Waals surface area contributed by atoms with Crippen molar-refractivity contribution >= 4 is 16.9 Å². The molecule has 1 fully saturated rings. The van der Waals surface area contributed by atoms with Crippen molar-refractivity contribution in [1.29, 1.82) is 0 Å². The summed E-state index contributed by atoms with van der Waals surface area (Å²) in [5.41, 5.74) is 0.458. The first-order valence-electron chi connectivity index (χ1n) is 8.50. The van der Waals surface area contributed by atoms with E-state index < -0.39 is 6.10 Å². The average molecular weight is 358 g/mol. The third kappa shape index (κ3) is 3.08. The van der Waals surface area contributed by atoms with Crippen LogP contribution in [0.25, 0.3) is 11.0 Å². The summed E-state index contributed by atoms with van der Waals surface area (Å²) in [4.78, 5) is 12.3. The molecule has 136 valence electrons. The molecule has 2 aromatic heterocycles. The van der Waals surface area contributed by atoms with Gasteiger partial charge in [-0.25, -0.2) is 4.39 Å².